The molecule has 0 radical (unpaired) electrons. The number of ether oxygens (including phenoxy) is 2. The summed E-state index contributed by atoms with van der Waals surface area (Å²) < 4.78 is 10.6. The lowest BCUT2D eigenvalue weighted by molar-refractivity contribution is -0.116. The Morgan fingerprint density at radius 2 is 1.74 bits per heavy atom. The number of anilines is 1. The number of rotatable bonds is 7. The van der Waals surface area contributed by atoms with Gasteiger partial charge in [-0.1, -0.05) is 0 Å². The van der Waals surface area contributed by atoms with Crippen LogP contribution in [0, 0.1) is 23.2 Å². The predicted octanol–water partition coefficient (Wildman–Crippen LogP) is 3.84. The Balaban J connectivity index is 1.36. The number of methoxy groups -OCH3 is 2. The zero-order chi connectivity index (χ0) is 19.0. The lowest BCUT2D eigenvalue weighted by atomic mass is 9.48. The van der Waals surface area contributed by atoms with E-state index < -0.39 is 0 Å². The highest BCUT2D eigenvalue weighted by Crippen LogP contribution is 2.61. The van der Waals surface area contributed by atoms with Gasteiger partial charge in [0.15, 0.2) is 0 Å². The molecule has 1 atom stereocenters. The van der Waals surface area contributed by atoms with Crippen molar-refractivity contribution in [3.8, 4) is 11.5 Å². The summed E-state index contributed by atoms with van der Waals surface area (Å²) in [6.07, 6.45) is 8.38. The van der Waals surface area contributed by atoms with Gasteiger partial charge in [0.25, 0.3) is 0 Å². The first-order valence-electron chi connectivity index (χ1n) is 10.3. The Labute approximate surface area is 162 Å². The molecule has 4 aliphatic carbocycles. The smallest absolute Gasteiger partial charge is 0.238 e. The molecule has 148 valence electrons. The molecule has 4 fully saturated rings. The maximum absolute atomic E-state index is 12.5. The van der Waals surface area contributed by atoms with Crippen LogP contribution >= 0.6 is 0 Å². The molecule has 5 nitrogen and oxygen atoms in total. The minimum atomic E-state index is -0.0434. The number of nitrogens with one attached hydrogen (secondary N) is 2. The minimum Gasteiger partial charge on any atom is -0.497 e. The van der Waals surface area contributed by atoms with E-state index in [4.69, 9.17) is 9.47 Å². The normalized spacial score (nSPS) is 32.2. The molecule has 0 heterocycles. The van der Waals surface area contributed by atoms with Gasteiger partial charge in [0.05, 0.1) is 26.5 Å². The molecule has 4 aliphatic rings. The van der Waals surface area contributed by atoms with Crippen LogP contribution in [0.3, 0.4) is 0 Å². The summed E-state index contributed by atoms with van der Waals surface area (Å²) in [4.78, 5) is 12.5. The first-order valence-corrected chi connectivity index (χ1v) is 10.3. The van der Waals surface area contributed by atoms with E-state index in [0.717, 1.165) is 17.8 Å². The molecule has 4 saturated carbocycles. The van der Waals surface area contributed by atoms with Gasteiger partial charge in [-0.2, -0.15) is 0 Å². The number of hydrogen-bond acceptors (Lipinski definition) is 4. The van der Waals surface area contributed by atoms with Gasteiger partial charge in [-0.05, 0) is 80.8 Å². The Morgan fingerprint density at radius 3 is 2.30 bits per heavy atom. The van der Waals surface area contributed by atoms with Crippen molar-refractivity contribution in [2.75, 3.05) is 26.1 Å². The van der Waals surface area contributed by atoms with Crippen molar-refractivity contribution in [2.24, 2.45) is 23.2 Å². The molecule has 0 saturated heterocycles. The van der Waals surface area contributed by atoms with Gasteiger partial charge in [0.2, 0.25) is 5.91 Å². The van der Waals surface area contributed by atoms with E-state index in [2.05, 4.69) is 17.6 Å². The molecule has 1 amide bonds. The van der Waals surface area contributed by atoms with E-state index in [9.17, 15) is 4.79 Å². The van der Waals surface area contributed by atoms with Gasteiger partial charge in [0, 0.05) is 12.1 Å². The number of carbonyl (C=O) groups is 1. The molecule has 5 rings (SSSR count). The summed E-state index contributed by atoms with van der Waals surface area (Å²) in [5.41, 5.74) is 1.05. The molecule has 0 aliphatic heterocycles. The summed E-state index contributed by atoms with van der Waals surface area (Å²) in [5.74, 6) is 4.07. The number of hydrogen-bond donors (Lipinski definition) is 2. The van der Waals surface area contributed by atoms with Crippen molar-refractivity contribution in [2.45, 2.75) is 51.5 Å². The Bertz CT molecular complexity index is 668. The van der Waals surface area contributed by atoms with Crippen molar-refractivity contribution in [3.63, 3.8) is 0 Å². The third-order valence-electron chi connectivity index (χ3n) is 7.25. The summed E-state index contributed by atoms with van der Waals surface area (Å²) in [6, 6.07) is 5.80. The van der Waals surface area contributed by atoms with Crippen molar-refractivity contribution >= 4 is 11.6 Å². The van der Waals surface area contributed by atoms with E-state index in [1.165, 1.54) is 38.5 Å². The molecule has 4 bridgehead atoms. The van der Waals surface area contributed by atoms with Gasteiger partial charge in [0.1, 0.15) is 11.5 Å². The van der Waals surface area contributed by atoms with Gasteiger partial charge in [-0.15, -0.1) is 0 Å². The SMILES string of the molecule is COc1ccc(OC)c(NC(=O)CN[C@H](C)C23CC4CC(CC(C4)C2)C3)c1. The van der Waals surface area contributed by atoms with E-state index in [1.807, 2.05) is 6.07 Å². The van der Waals surface area contributed by atoms with Crippen LogP contribution in [-0.2, 0) is 4.79 Å². The molecule has 5 heteroatoms. The summed E-state index contributed by atoms with van der Waals surface area (Å²) in [7, 11) is 3.22. The fourth-order valence-corrected chi connectivity index (χ4v) is 6.28. The van der Waals surface area contributed by atoms with Crippen molar-refractivity contribution in [1.82, 2.24) is 5.32 Å². The van der Waals surface area contributed by atoms with Crippen molar-refractivity contribution < 1.29 is 14.3 Å². The third-order valence-corrected chi connectivity index (χ3v) is 7.25. The summed E-state index contributed by atoms with van der Waals surface area (Å²) in [6.45, 7) is 2.61. The predicted molar refractivity (Wildman–Crippen MR) is 106 cm³/mol. The van der Waals surface area contributed by atoms with Gasteiger partial charge in [-0.3, -0.25) is 4.79 Å². The second-order valence-corrected chi connectivity index (χ2v) is 9.00. The first kappa shape index (κ1) is 18.6. The molecule has 2 N–H and O–H groups in total. The molecule has 1 aromatic rings. The molecule has 27 heavy (non-hydrogen) atoms. The van der Waals surface area contributed by atoms with Crippen LogP contribution in [0.25, 0.3) is 0 Å². The van der Waals surface area contributed by atoms with Gasteiger partial charge in [-0.25, -0.2) is 0 Å². The van der Waals surface area contributed by atoms with Gasteiger partial charge >= 0.3 is 0 Å². The maximum atomic E-state index is 12.5. The quantitative estimate of drug-likeness (QED) is 0.763. The zero-order valence-electron chi connectivity index (χ0n) is 16.7. The second-order valence-electron chi connectivity index (χ2n) is 9.00. The average molecular weight is 373 g/mol. The molecular weight excluding hydrogens is 340 g/mol. The van der Waals surface area contributed by atoms with Crippen LogP contribution in [0.5, 0.6) is 11.5 Å². The number of benzene rings is 1. The van der Waals surface area contributed by atoms with E-state index in [1.54, 1.807) is 26.4 Å². The first-order chi connectivity index (χ1) is 13.0. The second kappa shape index (κ2) is 7.34. The van der Waals surface area contributed by atoms with E-state index >= 15 is 0 Å². The standard InChI is InChI=1S/C22H32N2O3/c1-14(22-10-15-6-16(11-22)8-17(7-15)12-22)23-13-21(25)24-19-9-18(26-2)4-5-20(19)27-3/h4-5,9,14-17,23H,6-8,10-13H2,1-3H3,(H,24,25)/t14-,15?,16?,17?,22?/m1/s1. The largest absolute Gasteiger partial charge is 0.497 e. The molecular formula is C22H32N2O3. The fraction of sp³-hybridized carbons (Fsp3) is 0.682. The highest BCUT2D eigenvalue weighted by Gasteiger charge is 2.52. The average Bonchev–Trinajstić information content (AvgIpc) is 2.65. The topological polar surface area (TPSA) is 59.6 Å². The molecule has 0 unspecified atom stereocenters. The number of amides is 1. The minimum absolute atomic E-state index is 0.0434. The van der Waals surface area contributed by atoms with Gasteiger partial charge < -0.3 is 20.1 Å². The molecule has 1 aromatic carbocycles. The van der Waals surface area contributed by atoms with Crippen LogP contribution < -0.4 is 20.1 Å². The van der Waals surface area contributed by atoms with Crippen molar-refractivity contribution in [1.29, 1.82) is 0 Å². The maximum Gasteiger partial charge on any atom is 0.238 e. The Morgan fingerprint density at radius 1 is 1.11 bits per heavy atom. The van der Waals surface area contributed by atoms with Crippen LogP contribution in [-0.4, -0.2) is 32.7 Å². The third kappa shape index (κ3) is 3.66. The lowest BCUT2D eigenvalue weighted by Crippen LogP contribution is -2.55. The highest BCUT2D eigenvalue weighted by molar-refractivity contribution is 5.94. The zero-order valence-corrected chi connectivity index (χ0v) is 16.7. The van der Waals surface area contributed by atoms with E-state index in [-0.39, 0.29) is 5.91 Å². The monoisotopic (exact) mass is 372 g/mol. The van der Waals surface area contributed by atoms with E-state index in [0.29, 0.717) is 35.2 Å². The van der Waals surface area contributed by atoms with Crippen LogP contribution in [0.2, 0.25) is 0 Å². The fourth-order valence-electron chi connectivity index (χ4n) is 6.28. The van der Waals surface area contributed by atoms with Crippen LogP contribution in [0.4, 0.5) is 5.69 Å². The molecule has 0 spiro atoms. The Hall–Kier alpha value is -1.75. The summed E-state index contributed by atoms with van der Waals surface area (Å²) >= 11 is 0. The lowest BCUT2D eigenvalue weighted by Gasteiger charge is -2.59. The van der Waals surface area contributed by atoms with Crippen LogP contribution in [0.15, 0.2) is 18.2 Å². The van der Waals surface area contributed by atoms with Crippen molar-refractivity contribution in [3.05, 3.63) is 18.2 Å². The highest BCUT2D eigenvalue weighted by atomic mass is 16.5. The molecule has 0 aromatic heterocycles. The summed E-state index contributed by atoms with van der Waals surface area (Å²) in [5, 5.41) is 6.50. The van der Waals surface area contributed by atoms with Crippen LogP contribution in [0.1, 0.15) is 45.4 Å². The Kier molecular flexibility index (Phi) is 5.06. The number of carbonyl (C=O) groups excluding carboxylic acids is 1.